The molecule has 1 aromatic heterocycles. The third-order valence-corrected chi connectivity index (χ3v) is 6.12. The second-order valence-corrected chi connectivity index (χ2v) is 8.39. The summed E-state index contributed by atoms with van der Waals surface area (Å²) in [7, 11) is 0. The van der Waals surface area contributed by atoms with Gasteiger partial charge in [-0.25, -0.2) is 4.68 Å². The van der Waals surface area contributed by atoms with Crippen LogP contribution in [0.5, 0.6) is 0 Å². The van der Waals surface area contributed by atoms with Crippen LogP contribution in [0.25, 0.3) is 27.7 Å². The van der Waals surface area contributed by atoms with E-state index in [1.54, 1.807) is 0 Å². The Bertz CT molecular complexity index is 1490. The monoisotopic (exact) mass is 431 g/mol. The molecule has 1 N–H and O–H groups in total. The van der Waals surface area contributed by atoms with Gasteiger partial charge in [0, 0.05) is 11.3 Å². The highest BCUT2D eigenvalue weighted by atomic mass is 16.1. The SMILES string of the molecule is Cc1ccc(NC(=O)c2cc(-c3cccc4ccccc34)n(-c3ccccc3C)n2)cc1C. The molecule has 1 amide bonds. The zero-order chi connectivity index (χ0) is 22.9. The van der Waals surface area contributed by atoms with E-state index in [4.69, 9.17) is 5.10 Å². The largest absolute Gasteiger partial charge is 0.321 e. The van der Waals surface area contributed by atoms with E-state index in [-0.39, 0.29) is 5.91 Å². The lowest BCUT2D eigenvalue weighted by atomic mass is 10.0. The summed E-state index contributed by atoms with van der Waals surface area (Å²) in [5.74, 6) is -0.230. The first kappa shape index (κ1) is 20.7. The molecule has 0 fully saturated rings. The van der Waals surface area contributed by atoms with Crippen molar-refractivity contribution >= 4 is 22.4 Å². The first-order valence-corrected chi connectivity index (χ1v) is 11.0. The first-order valence-electron chi connectivity index (χ1n) is 11.0. The van der Waals surface area contributed by atoms with Gasteiger partial charge in [0.25, 0.3) is 5.91 Å². The van der Waals surface area contributed by atoms with Gasteiger partial charge in [-0.3, -0.25) is 4.79 Å². The number of fused-ring (bicyclic) bond motifs is 1. The van der Waals surface area contributed by atoms with Gasteiger partial charge in [0.05, 0.1) is 11.4 Å². The first-order chi connectivity index (χ1) is 16.0. The molecule has 0 bridgehead atoms. The van der Waals surface area contributed by atoms with Crippen LogP contribution < -0.4 is 5.32 Å². The lowest BCUT2D eigenvalue weighted by Crippen LogP contribution is -2.13. The Balaban J connectivity index is 1.64. The summed E-state index contributed by atoms with van der Waals surface area (Å²) < 4.78 is 1.88. The molecule has 4 nitrogen and oxygen atoms in total. The maximum absolute atomic E-state index is 13.2. The molecule has 0 spiro atoms. The average molecular weight is 432 g/mol. The number of hydrogen-bond acceptors (Lipinski definition) is 2. The van der Waals surface area contributed by atoms with Gasteiger partial charge in [0.2, 0.25) is 0 Å². The van der Waals surface area contributed by atoms with Crippen molar-refractivity contribution in [1.82, 2.24) is 9.78 Å². The Labute approximate surface area is 193 Å². The van der Waals surface area contributed by atoms with E-state index in [0.717, 1.165) is 44.5 Å². The second-order valence-electron chi connectivity index (χ2n) is 8.39. The number of carbonyl (C=O) groups excluding carboxylic acids is 1. The Morgan fingerprint density at radius 1 is 0.758 bits per heavy atom. The van der Waals surface area contributed by atoms with Crippen molar-refractivity contribution in [3.05, 3.63) is 113 Å². The van der Waals surface area contributed by atoms with Crippen LogP contribution in [-0.2, 0) is 0 Å². The van der Waals surface area contributed by atoms with Crippen molar-refractivity contribution in [2.24, 2.45) is 0 Å². The number of para-hydroxylation sites is 1. The Morgan fingerprint density at radius 3 is 2.33 bits per heavy atom. The van der Waals surface area contributed by atoms with Crippen LogP contribution >= 0.6 is 0 Å². The predicted octanol–water partition coefficient (Wildman–Crippen LogP) is 6.87. The summed E-state index contributed by atoms with van der Waals surface area (Å²) in [5.41, 5.74) is 7.42. The topological polar surface area (TPSA) is 46.9 Å². The number of aryl methyl sites for hydroxylation is 3. The van der Waals surface area contributed by atoms with Gasteiger partial charge in [-0.05, 0) is 72.5 Å². The molecule has 0 aliphatic carbocycles. The van der Waals surface area contributed by atoms with Crippen LogP contribution in [0, 0.1) is 20.8 Å². The van der Waals surface area contributed by atoms with E-state index in [1.165, 1.54) is 5.56 Å². The highest BCUT2D eigenvalue weighted by molar-refractivity contribution is 6.04. The number of nitrogens with zero attached hydrogens (tertiary/aromatic N) is 2. The molecule has 4 aromatic carbocycles. The number of rotatable bonds is 4. The number of nitrogens with one attached hydrogen (secondary N) is 1. The maximum Gasteiger partial charge on any atom is 0.276 e. The fourth-order valence-corrected chi connectivity index (χ4v) is 4.13. The van der Waals surface area contributed by atoms with Gasteiger partial charge in [-0.2, -0.15) is 5.10 Å². The number of aromatic nitrogens is 2. The normalized spacial score (nSPS) is 11.0. The maximum atomic E-state index is 13.2. The van der Waals surface area contributed by atoms with E-state index in [2.05, 4.69) is 49.5 Å². The molecule has 1 heterocycles. The summed E-state index contributed by atoms with van der Waals surface area (Å²) in [6.45, 7) is 6.15. The molecule has 162 valence electrons. The minimum absolute atomic E-state index is 0.230. The fraction of sp³-hybridized carbons (Fsp3) is 0.103. The van der Waals surface area contributed by atoms with E-state index in [1.807, 2.05) is 72.3 Å². The molecule has 0 unspecified atom stereocenters. The van der Waals surface area contributed by atoms with Gasteiger partial charge in [-0.15, -0.1) is 0 Å². The molecule has 33 heavy (non-hydrogen) atoms. The average Bonchev–Trinajstić information content (AvgIpc) is 3.26. The third-order valence-electron chi connectivity index (χ3n) is 6.12. The molecule has 4 heteroatoms. The van der Waals surface area contributed by atoms with Gasteiger partial charge in [0.15, 0.2) is 5.69 Å². The minimum Gasteiger partial charge on any atom is -0.321 e. The highest BCUT2D eigenvalue weighted by Crippen LogP contribution is 2.32. The van der Waals surface area contributed by atoms with Gasteiger partial charge < -0.3 is 5.32 Å². The summed E-state index contributed by atoms with van der Waals surface area (Å²) in [6.07, 6.45) is 0. The molecule has 5 aromatic rings. The standard InChI is InChI=1S/C29H25N3O/c1-19-15-16-23(17-21(19)3)30-29(33)26-18-28(32(31-26)27-14-7-4-9-20(27)2)25-13-8-11-22-10-5-6-12-24(22)25/h4-18H,1-3H3,(H,30,33). The number of carbonyl (C=O) groups is 1. The molecule has 0 atom stereocenters. The van der Waals surface area contributed by atoms with Crippen molar-refractivity contribution in [2.45, 2.75) is 20.8 Å². The lowest BCUT2D eigenvalue weighted by molar-refractivity contribution is 0.102. The fourth-order valence-electron chi connectivity index (χ4n) is 4.13. The van der Waals surface area contributed by atoms with Crippen LogP contribution in [0.3, 0.4) is 0 Å². The molecular formula is C29H25N3O. The molecule has 0 aliphatic rings. The summed E-state index contributed by atoms with van der Waals surface area (Å²) in [6, 6.07) is 30.4. The molecule has 5 rings (SSSR count). The smallest absolute Gasteiger partial charge is 0.276 e. The van der Waals surface area contributed by atoms with Crippen molar-refractivity contribution in [1.29, 1.82) is 0 Å². The summed E-state index contributed by atoms with van der Waals surface area (Å²) in [5, 5.41) is 10.0. The van der Waals surface area contributed by atoms with E-state index in [9.17, 15) is 4.79 Å². The van der Waals surface area contributed by atoms with Crippen molar-refractivity contribution in [2.75, 3.05) is 5.32 Å². The third kappa shape index (κ3) is 3.92. The van der Waals surface area contributed by atoms with Crippen molar-refractivity contribution in [3.8, 4) is 16.9 Å². The molecular weight excluding hydrogens is 406 g/mol. The van der Waals surface area contributed by atoms with Crippen LogP contribution in [0.4, 0.5) is 5.69 Å². The second kappa shape index (κ2) is 8.40. The number of anilines is 1. The lowest BCUT2D eigenvalue weighted by Gasteiger charge is -2.12. The minimum atomic E-state index is -0.230. The predicted molar refractivity (Wildman–Crippen MR) is 135 cm³/mol. The number of benzene rings is 4. The van der Waals surface area contributed by atoms with Crippen LogP contribution in [0.1, 0.15) is 27.2 Å². The molecule has 0 saturated heterocycles. The quantitative estimate of drug-likeness (QED) is 0.337. The van der Waals surface area contributed by atoms with Crippen molar-refractivity contribution in [3.63, 3.8) is 0 Å². The van der Waals surface area contributed by atoms with Crippen molar-refractivity contribution < 1.29 is 4.79 Å². The Kier molecular flexibility index (Phi) is 5.27. The van der Waals surface area contributed by atoms with Crippen LogP contribution in [0.2, 0.25) is 0 Å². The molecule has 0 saturated carbocycles. The number of amides is 1. The van der Waals surface area contributed by atoms with E-state index in [0.29, 0.717) is 5.69 Å². The van der Waals surface area contributed by atoms with Crippen LogP contribution in [0.15, 0.2) is 91.0 Å². The van der Waals surface area contributed by atoms with E-state index >= 15 is 0 Å². The summed E-state index contributed by atoms with van der Waals surface area (Å²) >= 11 is 0. The van der Waals surface area contributed by atoms with Gasteiger partial charge in [-0.1, -0.05) is 66.7 Å². The molecule has 0 aliphatic heterocycles. The van der Waals surface area contributed by atoms with Crippen LogP contribution in [-0.4, -0.2) is 15.7 Å². The highest BCUT2D eigenvalue weighted by Gasteiger charge is 2.19. The Morgan fingerprint density at radius 2 is 1.52 bits per heavy atom. The number of hydrogen-bond donors (Lipinski definition) is 1. The zero-order valence-corrected chi connectivity index (χ0v) is 19.0. The Hall–Kier alpha value is -4.18. The molecule has 0 radical (unpaired) electrons. The van der Waals surface area contributed by atoms with E-state index < -0.39 is 0 Å². The van der Waals surface area contributed by atoms with Gasteiger partial charge in [0.1, 0.15) is 0 Å². The zero-order valence-electron chi connectivity index (χ0n) is 19.0. The summed E-state index contributed by atoms with van der Waals surface area (Å²) in [4.78, 5) is 13.2. The van der Waals surface area contributed by atoms with Gasteiger partial charge >= 0.3 is 0 Å².